The highest BCUT2D eigenvalue weighted by Gasteiger charge is 2.36. The lowest BCUT2D eigenvalue weighted by molar-refractivity contribution is -0.138. The first-order chi connectivity index (χ1) is 8.62. The fourth-order valence-corrected chi connectivity index (χ4v) is 2.50. The summed E-state index contributed by atoms with van der Waals surface area (Å²) in [6, 6.07) is 0. The molecule has 1 saturated carbocycles. The third-order valence-electron chi connectivity index (χ3n) is 4.06. The fourth-order valence-electron chi connectivity index (χ4n) is 2.50. The number of carbonyl (C=O) groups excluding carboxylic acids is 1. The Kier molecular flexibility index (Phi) is 4.62. The zero-order valence-electron chi connectivity index (χ0n) is 11.7. The molecule has 1 N–H and O–H groups in total. The van der Waals surface area contributed by atoms with Crippen molar-refractivity contribution in [2.45, 2.75) is 44.6 Å². The molecule has 4 heteroatoms. The maximum atomic E-state index is 12.4. The summed E-state index contributed by atoms with van der Waals surface area (Å²) < 4.78 is 5.58. The third kappa shape index (κ3) is 3.69. The van der Waals surface area contributed by atoms with Crippen molar-refractivity contribution in [2.24, 2.45) is 5.92 Å². The lowest BCUT2D eigenvalue weighted by Gasteiger charge is -2.36. The van der Waals surface area contributed by atoms with Gasteiger partial charge in [-0.15, -0.1) is 0 Å². The number of nitrogens with one attached hydrogen (secondary N) is 1. The second kappa shape index (κ2) is 6.02. The number of nitrogens with zero attached hydrogens (tertiary/aromatic N) is 1. The van der Waals surface area contributed by atoms with Crippen LogP contribution in [0.4, 0.5) is 0 Å². The van der Waals surface area contributed by atoms with E-state index in [9.17, 15) is 4.79 Å². The van der Waals surface area contributed by atoms with Gasteiger partial charge in [-0.1, -0.05) is 0 Å². The van der Waals surface area contributed by atoms with Gasteiger partial charge in [0.05, 0.1) is 12.1 Å². The Bertz CT molecular complexity index is 284. The Hall–Kier alpha value is -0.610. The van der Waals surface area contributed by atoms with E-state index in [-0.39, 0.29) is 11.4 Å². The van der Waals surface area contributed by atoms with Crippen molar-refractivity contribution in [1.82, 2.24) is 10.2 Å². The lowest BCUT2D eigenvalue weighted by Crippen LogP contribution is -2.57. The first-order valence-corrected chi connectivity index (χ1v) is 7.20. The second-order valence-corrected chi connectivity index (χ2v) is 5.96. The monoisotopic (exact) mass is 254 g/mol. The zero-order chi connectivity index (χ0) is 13.0. The largest absolute Gasteiger partial charge is 0.379 e. The van der Waals surface area contributed by atoms with Crippen molar-refractivity contribution >= 4 is 5.91 Å². The van der Waals surface area contributed by atoms with Gasteiger partial charge in [-0.3, -0.25) is 4.79 Å². The number of hydrogen-bond acceptors (Lipinski definition) is 3. The molecule has 104 valence electrons. The summed E-state index contributed by atoms with van der Waals surface area (Å²) in [4.78, 5) is 14.2. The second-order valence-electron chi connectivity index (χ2n) is 5.96. The van der Waals surface area contributed by atoms with Crippen LogP contribution in [0.3, 0.4) is 0 Å². The summed E-state index contributed by atoms with van der Waals surface area (Å²) in [6.07, 6.45) is 5.89. The molecule has 4 nitrogen and oxygen atoms in total. The highest BCUT2D eigenvalue weighted by Crippen LogP contribution is 2.28. The molecule has 18 heavy (non-hydrogen) atoms. The van der Waals surface area contributed by atoms with E-state index in [4.69, 9.17) is 4.74 Å². The number of piperidine rings is 1. The lowest BCUT2D eigenvalue weighted by atomic mass is 9.89. The van der Waals surface area contributed by atoms with Crippen LogP contribution in [-0.2, 0) is 9.53 Å². The highest BCUT2D eigenvalue weighted by atomic mass is 16.5. The van der Waals surface area contributed by atoms with E-state index in [1.54, 1.807) is 0 Å². The number of amides is 1. The minimum Gasteiger partial charge on any atom is -0.379 e. The Labute approximate surface area is 110 Å². The average molecular weight is 254 g/mol. The van der Waals surface area contributed by atoms with Crippen LogP contribution in [0.1, 0.15) is 39.0 Å². The van der Waals surface area contributed by atoms with Gasteiger partial charge >= 0.3 is 0 Å². The maximum absolute atomic E-state index is 12.4. The van der Waals surface area contributed by atoms with Crippen LogP contribution in [0.15, 0.2) is 0 Å². The minimum absolute atomic E-state index is 0.206. The van der Waals surface area contributed by atoms with Gasteiger partial charge in [-0.2, -0.15) is 0 Å². The van der Waals surface area contributed by atoms with Crippen LogP contribution in [-0.4, -0.2) is 49.7 Å². The van der Waals surface area contributed by atoms with Crippen molar-refractivity contribution in [3.05, 3.63) is 0 Å². The van der Waals surface area contributed by atoms with Crippen LogP contribution < -0.4 is 5.32 Å². The normalized spacial score (nSPS) is 28.1. The number of carbonyl (C=O) groups is 1. The SMILES string of the molecule is CN(CCOCC1CC1)C(=O)C1(C)CCCCN1. The van der Waals surface area contributed by atoms with Crippen LogP contribution in [0.5, 0.6) is 0 Å². The van der Waals surface area contributed by atoms with Gasteiger partial charge in [0, 0.05) is 20.2 Å². The molecule has 0 radical (unpaired) electrons. The summed E-state index contributed by atoms with van der Waals surface area (Å²) in [5.74, 6) is 1.00. The van der Waals surface area contributed by atoms with E-state index in [1.807, 2.05) is 18.9 Å². The summed E-state index contributed by atoms with van der Waals surface area (Å²) in [5, 5.41) is 3.36. The molecule has 0 aromatic heterocycles. The predicted molar refractivity (Wildman–Crippen MR) is 71.4 cm³/mol. The first kappa shape index (κ1) is 13.8. The summed E-state index contributed by atoms with van der Waals surface area (Å²) >= 11 is 0. The molecule has 1 atom stereocenters. The summed E-state index contributed by atoms with van der Waals surface area (Å²) in [7, 11) is 1.88. The smallest absolute Gasteiger partial charge is 0.242 e. The van der Waals surface area contributed by atoms with E-state index < -0.39 is 0 Å². The molecule has 0 aromatic rings. The quantitative estimate of drug-likeness (QED) is 0.729. The Morgan fingerprint density at radius 1 is 1.44 bits per heavy atom. The molecular weight excluding hydrogens is 228 g/mol. The molecule has 1 unspecified atom stereocenters. The predicted octanol–water partition coefficient (Wildman–Crippen LogP) is 1.40. The van der Waals surface area contributed by atoms with E-state index in [0.29, 0.717) is 13.2 Å². The van der Waals surface area contributed by atoms with Crippen LogP contribution in [0.2, 0.25) is 0 Å². The van der Waals surface area contributed by atoms with E-state index >= 15 is 0 Å². The average Bonchev–Trinajstić information content (AvgIpc) is 3.18. The third-order valence-corrected chi connectivity index (χ3v) is 4.06. The molecule has 1 aliphatic carbocycles. The van der Waals surface area contributed by atoms with E-state index in [1.165, 1.54) is 19.3 Å². The molecule has 1 saturated heterocycles. The zero-order valence-corrected chi connectivity index (χ0v) is 11.7. The summed E-state index contributed by atoms with van der Waals surface area (Å²) in [5.41, 5.74) is -0.358. The van der Waals surface area contributed by atoms with E-state index in [0.717, 1.165) is 31.9 Å². The Morgan fingerprint density at radius 3 is 2.83 bits per heavy atom. The number of ether oxygens (including phenoxy) is 1. The number of likely N-dealkylation sites (N-methyl/N-ethyl adjacent to an activating group) is 1. The van der Waals surface area contributed by atoms with Gasteiger partial charge in [0.25, 0.3) is 0 Å². The molecule has 2 rings (SSSR count). The van der Waals surface area contributed by atoms with Gasteiger partial charge in [0.2, 0.25) is 5.91 Å². The van der Waals surface area contributed by atoms with Crippen LogP contribution >= 0.6 is 0 Å². The molecule has 1 aliphatic heterocycles. The van der Waals surface area contributed by atoms with Gasteiger partial charge in [0.1, 0.15) is 0 Å². The molecular formula is C14H26N2O2. The van der Waals surface area contributed by atoms with Crippen molar-refractivity contribution in [1.29, 1.82) is 0 Å². The van der Waals surface area contributed by atoms with Crippen molar-refractivity contribution in [3.8, 4) is 0 Å². The maximum Gasteiger partial charge on any atom is 0.242 e. The molecule has 2 fully saturated rings. The van der Waals surface area contributed by atoms with Crippen molar-refractivity contribution in [2.75, 3.05) is 33.4 Å². The molecule has 1 amide bonds. The molecule has 0 bridgehead atoms. The number of rotatable bonds is 6. The van der Waals surface area contributed by atoms with Gasteiger partial charge in [-0.25, -0.2) is 0 Å². The van der Waals surface area contributed by atoms with Gasteiger partial charge < -0.3 is 15.0 Å². The van der Waals surface area contributed by atoms with E-state index in [2.05, 4.69) is 5.32 Å². The molecule has 0 aromatic carbocycles. The number of hydrogen-bond donors (Lipinski definition) is 1. The van der Waals surface area contributed by atoms with Crippen LogP contribution in [0, 0.1) is 5.92 Å². The Morgan fingerprint density at radius 2 is 2.22 bits per heavy atom. The van der Waals surface area contributed by atoms with Gasteiger partial charge in [0.15, 0.2) is 0 Å². The molecule has 0 spiro atoms. The van der Waals surface area contributed by atoms with Crippen molar-refractivity contribution in [3.63, 3.8) is 0 Å². The molecule has 2 aliphatic rings. The van der Waals surface area contributed by atoms with Crippen LogP contribution in [0.25, 0.3) is 0 Å². The molecule has 1 heterocycles. The standard InChI is InChI=1S/C14H26N2O2/c1-14(7-3-4-8-15-14)13(17)16(2)9-10-18-11-12-5-6-12/h12,15H,3-11H2,1-2H3. The Balaban J connectivity index is 1.69. The topological polar surface area (TPSA) is 41.6 Å². The summed E-state index contributed by atoms with van der Waals surface area (Å²) in [6.45, 7) is 5.21. The fraction of sp³-hybridized carbons (Fsp3) is 0.929. The first-order valence-electron chi connectivity index (χ1n) is 7.20. The highest BCUT2D eigenvalue weighted by molar-refractivity contribution is 5.85. The minimum atomic E-state index is -0.358. The van der Waals surface area contributed by atoms with Crippen molar-refractivity contribution < 1.29 is 9.53 Å². The van der Waals surface area contributed by atoms with Gasteiger partial charge in [-0.05, 0) is 51.5 Å².